The number of ether oxygens (including phenoxy) is 1. The summed E-state index contributed by atoms with van der Waals surface area (Å²) in [5.41, 5.74) is 0. The van der Waals surface area contributed by atoms with Crippen LogP contribution in [0, 0.1) is 0 Å². The molecule has 0 aromatic rings. The first-order valence-corrected chi connectivity index (χ1v) is 7.17. The molecular weight excluding hydrogens is 228 g/mol. The maximum Gasteiger partial charge on any atom is 0.320 e. The molecule has 0 heterocycles. The summed E-state index contributed by atoms with van der Waals surface area (Å²) >= 11 is 0. The number of esters is 1. The molecule has 0 amide bonds. The van der Waals surface area contributed by atoms with Crippen molar-refractivity contribution in [3.8, 4) is 0 Å². The molecule has 0 aromatic heterocycles. The maximum absolute atomic E-state index is 11.6. The van der Waals surface area contributed by atoms with Crippen molar-refractivity contribution in [1.82, 2.24) is 9.80 Å². The number of nitrogens with zero attached hydrogens (tertiary/aromatic N) is 2. The lowest BCUT2D eigenvalue weighted by Gasteiger charge is -2.23. The lowest BCUT2D eigenvalue weighted by atomic mass is 10.3. The molecule has 0 aliphatic carbocycles. The predicted molar refractivity (Wildman–Crippen MR) is 75.7 cm³/mol. The van der Waals surface area contributed by atoms with Crippen LogP contribution < -0.4 is 0 Å². The Labute approximate surface area is 112 Å². The van der Waals surface area contributed by atoms with Gasteiger partial charge in [-0.05, 0) is 53.0 Å². The number of carbonyl (C=O) groups excluding carboxylic acids is 1. The summed E-state index contributed by atoms with van der Waals surface area (Å²) in [6.45, 7) is 15.8. The highest BCUT2D eigenvalue weighted by molar-refractivity contribution is 5.71. The van der Waals surface area contributed by atoms with Gasteiger partial charge in [-0.3, -0.25) is 9.69 Å². The lowest BCUT2D eigenvalue weighted by molar-refractivity contribution is -0.148. The van der Waals surface area contributed by atoms with Gasteiger partial charge in [0.25, 0.3) is 0 Å². The summed E-state index contributed by atoms with van der Waals surface area (Å²) in [4.78, 5) is 16.1. The van der Waals surface area contributed by atoms with Gasteiger partial charge in [-0.2, -0.15) is 0 Å². The van der Waals surface area contributed by atoms with E-state index in [1.807, 2.05) is 13.8 Å². The number of hydrogen-bond donors (Lipinski definition) is 0. The first-order valence-electron chi connectivity index (χ1n) is 7.17. The molecule has 0 radical (unpaired) electrons. The van der Waals surface area contributed by atoms with Crippen molar-refractivity contribution in [3.05, 3.63) is 0 Å². The molecule has 108 valence electrons. The summed E-state index contributed by atoms with van der Waals surface area (Å²) in [6.07, 6.45) is 1.08. The molecule has 0 N–H and O–H groups in total. The minimum absolute atomic E-state index is 0.0214. The Morgan fingerprint density at radius 1 is 1.00 bits per heavy atom. The second-order valence-electron chi connectivity index (χ2n) is 4.79. The molecule has 0 rings (SSSR count). The van der Waals surface area contributed by atoms with Crippen LogP contribution >= 0.6 is 0 Å². The molecule has 18 heavy (non-hydrogen) atoms. The van der Waals surface area contributed by atoms with Crippen LogP contribution in [0.15, 0.2) is 0 Å². The predicted octanol–water partition coefficient (Wildman–Crippen LogP) is 1.99. The van der Waals surface area contributed by atoms with Gasteiger partial charge in [0.2, 0.25) is 0 Å². The highest BCUT2D eigenvalue weighted by Gasteiger charge is 2.11. The van der Waals surface area contributed by atoms with Crippen LogP contribution in [0.5, 0.6) is 0 Å². The van der Waals surface area contributed by atoms with E-state index >= 15 is 0 Å². The Bertz CT molecular complexity index is 216. The van der Waals surface area contributed by atoms with Gasteiger partial charge in [0.05, 0.1) is 12.6 Å². The highest BCUT2D eigenvalue weighted by Crippen LogP contribution is 1.98. The first-order chi connectivity index (χ1) is 8.53. The number of hydrogen-bond acceptors (Lipinski definition) is 4. The molecule has 0 aliphatic rings. The summed E-state index contributed by atoms with van der Waals surface area (Å²) in [5.74, 6) is -0.116. The van der Waals surface area contributed by atoms with Crippen molar-refractivity contribution in [3.63, 3.8) is 0 Å². The normalized spacial score (nSPS) is 11.6. The molecule has 0 saturated carbocycles. The van der Waals surface area contributed by atoms with E-state index in [1.54, 1.807) is 0 Å². The standard InChI is InChI=1S/C14H30N2O2/c1-6-15(7-2)10-9-11-16(8-3)12-14(17)18-13(4)5/h13H,6-12H2,1-5H3. The van der Waals surface area contributed by atoms with Gasteiger partial charge < -0.3 is 9.64 Å². The van der Waals surface area contributed by atoms with Crippen molar-refractivity contribution in [1.29, 1.82) is 0 Å². The van der Waals surface area contributed by atoms with E-state index in [9.17, 15) is 4.79 Å². The van der Waals surface area contributed by atoms with Gasteiger partial charge in [-0.1, -0.05) is 20.8 Å². The van der Waals surface area contributed by atoms with Crippen LogP contribution in [0.3, 0.4) is 0 Å². The average molecular weight is 258 g/mol. The molecule has 0 aromatic carbocycles. The Morgan fingerprint density at radius 2 is 1.50 bits per heavy atom. The zero-order valence-electron chi connectivity index (χ0n) is 12.7. The van der Waals surface area contributed by atoms with Crippen molar-refractivity contribution in [2.75, 3.05) is 39.3 Å². The van der Waals surface area contributed by atoms with Gasteiger partial charge >= 0.3 is 5.97 Å². The fourth-order valence-corrected chi connectivity index (χ4v) is 1.89. The van der Waals surface area contributed by atoms with E-state index in [0.717, 1.165) is 39.1 Å². The third-order valence-electron chi connectivity index (χ3n) is 3.01. The van der Waals surface area contributed by atoms with Crippen LogP contribution in [-0.2, 0) is 9.53 Å². The molecule has 0 bridgehead atoms. The first kappa shape index (κ1) is 17.4. The van der Waals surface area contributed by atoms with Gasteiger partial charge in [-0.25, -0.2) is 0 Å². The van der Waals surface area contributed by atoms with Crippen molar-refractivity contribution >= 4 is 5.97 Å². The second kappa shape index (κ2) is 10.3. The quantitative estimate of drug-likeness (QED) is 0.561. The molecule has 4 nitrogen and oxygen atoms in total. The fourth-order valence-electron chi connectivity index (χ4n) is 1.89. The topological polar surface area (TPSA) is 32.8 Å². The largest absolute Gasteiger partial charge is 0.462 e. The van der Waals surface area contributed by atoms with E-state index in [-0.39, 0.29) is 12.1 Å². The van der Waals surface area contributed by atoms with Gasteiger partial charge in [0.15, 0.2) is 0 Å². The zero-order chi connectivity index (χ0) is 14.0. The summed E-state index contributed by atoms with van der Waals surface area (Å²) in [7, 11) is 0. The molecule has 0 unspecified atom stereocenters. The Hall–Kier alpha value is -0.610. The summed E-state index contributed by atoms with van der Waals surface area (Å²) in [5, 5.41) is 0. The number of carbonyl (C=O) groups is 1. The molecular formula is C14H30N2O2. The monoisotopic (exact) mass is 258 g/mol. The van der Waals surface area contributed by atoms with Crippen molar-refractivity contribution in [2.24, 2.45) is 0 Å². The smallest absolute Gasteiger partial charge is 0.320 e. The van der Waals surface area contributed by atoms with Crippen LogP contribution in [0.25, 0.3) is 0 Å². The van der Waals surface area contributed by atoms with E-state index in [4.69, 9.17) is 4.74 Å². The minimum Gasteiger partial charge on any atom is -0.462 e. The minimum atomic E-state index is -0.116. The Balaban J connectivity index is 3.86. The van der Waals surface area contributed by atoms with E-state index in [2.05, 4.69) is 30.6 Å². The van der Waals surface area contributed by atoms with Gasteiger partial charge in [-0.15, -0.1) is 0 Å². The van der Waals surface area contributed by atoms with Crippen LogP contribution in [0.1, 0.15) is 41.0 Å². The molecule has 0 saturated heterocycles. The van der Waals surface area contributed by atoms with Crippen molar-refractivity contribution in [2.45, 2.75) is 47.1 Å². The molecule has 0 spiro atoms. The second-order valence-corrected chi connectivity index (χ2v) is 4.79. The fraction of sp³-hybridized carbons (Fsp3) is 0.929. The third kappa shape index (κ3) is 8.48. The summed E-state index contributed by atoms with van der Waals surface area (Å²) in [6, 6.07) is 0. The number of likely N-dealkylation sites (N-methyl/N-ethyl adjacent to an activating group) is 1. The highest BCUT2D eigenvalue weighted by atomic mass is 16.5. The molecule has 4 heteroatoms. The third-order valence-corrected chi connectivity index (χ3v) is 3.01. The van der Waals surface area contributed by atoms with Crippen LogP contribution in [0.2, 0.25) is 0 Å². The van der Waals surface area contributed by atoms with Crippen LogP contribution in [-0.4, -0.2) is 61.1 Å². The zero-order valence-corrected chi connectivity index (χ0v) is 12.7. The molecule has 0 aliphatic heterocycles. The van der Waals surface area contributed by atoms with Crippen molar-refractivity contribution < 1.29 is 9.53 Å². The van der Waals surface area contributed by atoms with E-state index < -0.39 is 0 Å². The SMILES string of the molecule is CCN(CC)CCCN(CC)CC(=O)OC(C)C. The van der Waals surface area contributed by atoms with Gasteiger partial charge in [0, 0.05) is 0 Å². The van der Waals surface area contributed by atoms with E-state index in [0.29, 0.717) is 6.54 Å². The summed E-state index contributed by atoms with van der Waals surface area (Å²) < 4.78 is 5.16. The Kier molecular flexibility index (Phi) is 9.98. The molecule has 0 atom stereocenters. The number of rotatable bonds is 10. The lowest BCUT2D eigenvalue weighted by Crippen LogP contribution is -2.34. The Morgan fingerprint density at radius 3 is 1.94 bits per heavy atom. The van der Waals surface area contributed by atoms with Gasteiger partial charge in [0.1, 0.15) is 0 Å². The molecule has 0 fully saturated rings. The maximum atomic E-state index is 11.6. The van der Waals surface area contributed by atoms with Crippen LogP contribution in [0.4, 0.5) is 0 Å². The van der Waals surface area contributed by atoms with E-state index in [1.165, 1.54) is 0 Å². The average Bonchev–Trinajstić information content (AvgIpc) is 2.32.